The highest BCUT2D eigenvalue weighted by Gasteiger charge is 2.19. The molecule has 0 atom stereocenters. The maximum Gasteiger partial charge on any atom is 0.295 e. The first-order valence-electron chi connectivity index (χ1n) is 10.3. The molecule has 1 N–H and O–H groups in total. The molecule has 0 spiro atoms. The topological polar surface area (TPSA) is 69.0 Å². The number of aryl methyl sites for hydroxylation is 2. The zero-order chi connectivity index (χ0) is 22.7. The minimum Gasteiger partial charge on any atom is -0.494 e. The van der Waals surface area contributed by atoms with Crippen LogP contribution in [-0.2, 0) is 0 Å². The van der Waals surface area contributed by atoms with E-state index in [9.17, 15) is 4.79 Å². The van der Waals surface area contributed by atoms with E-state index in [1.165, 1.54) is 0 Å². The van der Waals surface area contributed by atoms with Crippen molar-refractivity contribution >= 4 is 27.5 Å². The summed E-state index contributed by atoms with van der Waals surface area (Å²) in [6.07, 6.45) is 0. The quantitative estimate of drug-likeness (QED) is 0.361. The summed E-state index contributed by atoms with van der Waals surface area (Å²) in [4.78, 5) is 17.6. The molecular weight excluding hydrogens is 468 g/mol. The number of carbonyl (C=O) groups is 1. The number of benzene rings is 3. The zero-order valence-corrected chi connectivity index (χ0v) is 19.7. The van der Waals surface area contributed by atoms with E-state index in [-0.39, 0.29) is 11.7 Å². The summed E-state index contributed by atoms with van der Waals surface area (Å²) in [6.45, 7) is 6.49. The number of amides is 1. The van der Waals surface area contributed by atoms with Crippen molar-refractivity contribution in [2.45, 2.75) is 20.8 Å². The molecule has 0 bridgehead atoms. The fourth-order valence-corrected chi connectivity index (χ4v) is 3.83. The monoisotopic (exact) mass is 490 g/mol. The van der Waals surface area contributed by atoms with Crippen LogP contribution in [0.25, 0.3) is 17.1 Å². The molecule has 0 aliphatic heterocycles. The molecular formula is C25H23BrN4O2. The second-order valence-corrected chi connectivity index (χ2v) is 8.30. The minimum atomic E-state index is -0.367. The van der Waals surface area contributed by atoms with Gasteiger partial charge in [0.2, 0.25) is 5.82 Å². The van der Waals surface area contributed by atoms with E-state index in [4.69, 9.17) is 4.74 Å². The molecule has 0 saturated heterocycles. The van der Waals surface area contributed by atoms with Crippen molar-refractivity contribution in [3.63, 3.8) is 0 Å². The largest absolute Gasteiger partial charge is 0.494 e. The van der Waals surface area contributed by atoms with Gasteiger partial charge in [0.15, 0.2) is 5.82 Å². The first-order chi connectivity index (χ1) is 15.4. The van der Waals surface area contributed by atoms with Crippen molar-refractivity contribution in [3.05, 3.63) is 88.2 Å². The number of carbonyl (C=O) groups excluding carboxylic acids is 1. The lowest BCUT2D eigenvalue weighted by Gasteiger charge is -2.08. The number of anilines is 1. The normalized spacial score (nSPS) is 10.8. The molecule has 1 amide bonds. The van der Waals surface area contributed by atoms with Gasteiger partial charge in [0, 0.05) is 15.7 Å². The molecule has 6 nitrogen and oxygen atoms in total. The fourth-order valence-electron chi connectivity index (χ4n) is 3.36. The van der Waals surface area contributed by atoms with Crippen LogP contribution in [0.5, 0.6) is 5.75 Å². The standard InChI is InChI=1S/C25H23BrN4O2/c1-4-32-21-11-9-20(10-12-21)30-24(18-7-5-6-16(2)14-18)28-23(29-30)25(31)27-22-13-8-19(26)15-17(22)3/h5-15H,4H2,1-3H3,(H,27,31). The molecule has 1 aromatic heterocycles. The third-order valence-electron chi connectivity index (χ3n) is 4.92. The Labute approximate surface area is 195 Å². The summed E-state index contributed by atoms with van der Waals surface area (Å²) < 4.78 is 8.18. The van der Waals surface area contributed by atoms with E-state index in [0.717, 1.165) is 32.6 Å². The Kier molecular flexibility index (Phi) is 6.37. The van der Waals surface area contributed by atoms with Gasteiger partial charge in [0.05, 0.1) is 12.3 Å². The SMILES string of the molecule is CCOc1ccc(-n2nc(C(=O)Nc3ccc(Br)cc3C)nc2-c2cccc(C)c2)cc1. The highest BCUT2D eigenvalue weighted by Crippen LogP contribution is 2.25. The van der Waals surface area contributed by atoms with Crippen LogP contribution in [0.3, 0.4) is 0 Å². The number of aromatic nitrogens is 3. The van der Waals surface area contributed by atoms with Crippen molar-refractivity contribution in [1.82, 2.24) is 14.8 Å². The third kappa shape index (κ3) is 4.73. The lowest BCUT2D eigenvalue weighted by atomic mass is 10.1. The van der Waals surface area contributed by atoms with Crippen LogP contribution in [-0.4, -0.2) is 27.3 Å². The zero-order valence-electron chi connectivity index (χ0n) is 18.1. The summed E-state index contributed by atoms with van der Waals surface area (Å²) in [5.74, 6) is 1.10. The molecule has 4 aromatic rings. The first-order valence-corrected chi connectivity index (χ1v) is 11.1. The molecule has 3 aromatic carbocycles. The van der Waals surface area contributed by atoms with Crippen LogP contribution in [0.1, 0.15) is 28.7 Å². The number of nitrogens with one attached hydrogen (secondary N) is 1. The Morgan fingerprint density at radius 3 is 2.53 bits per heavy atom. The smallest absolute Gasteiger partial charge is 0.295 e. The fraction of sp³-hybridized carbons (Fsp3) is 0.160. The molecule has 0 fully saturated rings. The molecule has 0 aliphatic rings. The summed E-state index contributed by atoms with van der Waals surface area (Å²) in [7, 11) is 0. The molecule has 162 valence electrons. The van der Waals surface area contributed by atoms with Gasteiger partial charge in [-0.2, -0.15) is 0 Å². The number of nitrogens with zero attached hydrogens (tertiary/aromatic N) is 3. The Hall–Kier alpha value is -3.45. The predicted molar refractivity (Wildman–Crippen MR) is 130 cm³/mol. The molecule has 4 rings (SSSR count). The van der Waals surface area contributed by atoms with Crippen LogP contribution >= 0.6 is 15.9 Å². The maximum absolute atomic E-state index is 13.0. The maximum atomic E-state index is 13.0. The number of halogens is 1. The highest BCUT2D eigenvalue weighted by molar-refractivity contribution is 9.10. The van der Waals surface area contributed by atoms with Gasteiger partial charge in [-0.1, -0.05) is 39.7 Å². The molecule has 32 heavy (non-hydrogen) atoms. The van der Waals surface area contributed by atoms with Gasteiger partial charge in [-0.25, -0.2) is 9.67 Å². The number of rotatable bonds is 6. The minimum absolute atomic E-state index is 0.0951. The molecule has 0 radical (unpaired) electrons. The summed E-state index contributed by atoms with van der Waals surface area (Å²) in [5.41, 5.74) is 4.42. The van der Waals surface area contributed by atoms with Crippen LogP contribution in [0.4, 0.5) is 5.69 Å². The predicted octanol–water partition coefficient (Wildman–Crippen LogP) is 5.96. The molecule has 7 heteroatoms. The molecule has 0 unspecified atom stereocenters. The van der Waals surface area contributed by atoms with Crippen LogP contribution in [0, 0.1) is 13.8 Å². The van der Waals surface area contributed by atoms with Crippen molar-refractivity contribution in [2.24, 2.45) is 0 Å². The van der Waals surface area contributed by atoms with Gasteiger partial charge in [0.1, 0.15) is 5.75 Å². The van der Waals surface area contributed by atoms with E-state index in [0.29, 0.717) is 18.1 Å². The lowest BCUT2D eigenvalue weighted by Crippen LogP contribution is -2.15. The van der Waals surface area contributed by atoms with Gasteiger partial charge >= 0.3 is 0 Å². The van der Waals surface area contributed by atoms with Crippen LogP contribution < -0.4 is 10.1 Å². The van der Waals surface area contributed by atoms with Gasteiger partial charge in [0.25, 0.3) is 5.91 Å². The van der Waals surface area contributed by atoms with Crippen molar-refractivity contribution < 1.29 is 9.53 Å². The van der Waals surface area contributed by atoms with E-state index in [1.54, 1.807) is 4.68 Å². The van der Waals surface area contributed by atoms with Gasteiger partial charge in [-0.15, -0.1) is 5.10 Å². The average Bonchev–Trinajstić information content (AvgIpc) is 3.22. The van der Waals surface area contributed by atoms with Gasteiger partial charge in [-0.3, -0.25) is 4.79 Å². The second kappa shape index (κ2) is 9.36. The van der Waals surface area contributed by atoms with Gasteiger partial charge in [-0.05, 0) is 74.9 Å². The average molecular weight is 491 g/mol. The summed E-state index contributed by atoms with van der Waals surface area (Å²) >= 11 is 3.44. The Morgan fingerprint density at radius 1 is 1.06 bits per heavy atom. The van der Waals surface area contributed by atoms with E-state index in [1.807, 2.05) is 87.5 Å². The van der Waals surface area contributed by atoms with Crippen molar-refractivity contribution in [1.29, 1.82) is 0 Å². The third-order valence-corrected chi connectivity index (χ3v) is 5.41. The Morgan fingerprint density at radius 2 is 1.84 bits per heavy atom. The van der Waals surface area contributed by atoms with Crippen LogP contribution in [0.2, 0.25) is 0 Å². The Bertz CT molecular complexity index is 1270. The molecule has 0 aliphatic carbocycles. The lowest BCUT2D eigenvalue weighted by molar-refractivity contribution is 0.101. The van der Waals surface area contributed by atoms with Gasteiger partial charge < -0.3 is 10.1 Å². The van der Waals surface area contributed by atoms with E-state index in [2.05, 4.69) is 31.3 Å². The van der Waals surface area contributed by atoms with Crippen LogP contribution in [0.15, 0.2) is 71.2 Å². The molecule has 1 heterocycles. The van der Waals surface area contributed by atoms with Crippen molar-refractivity contribution in [2.75, 3.05) is 11.9 Å². The van der Waals surface area contributed by atoms with Crippen molar-refractivity contribution in [3.8, 4) is 22.8 Å². The van der Waals surface area contributed by atoms with E-state index >= 15 is 0 Å². The first kappa shape index (κ1) is 21.8. The number of hydrogen-bond donors (Lipinski definition) is 1. The molecule has 0 saturated carbocycles. The number of hydrogen-bond acceptors (Lipinski definition) is 4. The summed E-state index contributed by atoms with van der Waals surface area (Å²) in [6, 6.07) is 21.2. The highest BCUT2D eigenvalue weighted by atomic mass is 79.9. The van der Waals surface area contributed by atoms with E-state index < -0.39 is 0 Å². The second-order valence-electron chi connectivity index (χ2n) is 7.38. The Balaban J connectivity index is 1.74. The number of ether oxygens (including phenoxy) is 1. The summed E-state index contributed by atoms with van der Waals surface area (Å²) in [5, 5.41) is 7.47.